The monoisotopic (exact) mass is 364 g/mol. The molecule has 1 saturated heterocycles. The van der Waals surface area contributed by atoms with Gasteiger partial charge in [0, 0.05) is 38.9 Å². The molecule has 1 N–H and O–H groups in total. The van der Waals surface area contributed by atoms with E-state index in [2.05, 4.69) is 52.5 Å². The van der Waals surface area contributed by atoms with Crippen LogP contribution in [-0.2, 0) is 13.0 Å². The first-order chi connectivity index (χ1) is 13.2. The van der Waals surface area contributed by atoms with Crippen molar-refractivity contribution in [3.8, 4) is 0 Å². The molecule has 0 saturated carbocycles. The van der Waals surface area contributed by atoms with E-state index in [1.54, 1.807) is 0 Å². The number of nitrogens with one attached hydrogen (secondary N) is 1. The summed E-state index contributed by atoms with van der Waals surface area (Å²) in [7, 11) is 0. The number of amides is 2. The number of aryl methyl sites for hydroxylation is 2. The van der Waals surface area contributed by atoms with Gasteiger partial charge in [-0.15, -0.1) is 0 Å². The predicted octanol–water partition coefficient (Wildman–Crippen LogP) is 3.29. The van der Waals surface area contributed by atoms with E-state index >= 15 is 0 Å². The molecule has 0 spiro atoms. The number of hydrogen-bond donors (Lipinski definition) is 1. The third-order valence-corrected chi connectivity index (χ3v) is 5.82. The van der Waals surface area contributed by atoms with E-state index in [1.165, 1.54) is 16.7 Å². The lowest BCUT2D eigenvalue weighted by Gasteiger charge is -2.36. The lowest BCUT2D eigenvalue weighted by molar-refractivity contribution is 0.132. The molecule has 2 aliphatic rings. The van der Waals surface area contributed by atoms with Crippen molar-refractivity contribution < 1.29 is 4.79 Å². The molecule has 5 nitrogen and oxygen atoms in total. The van der Waals surface area contributed by atoms with E-state index in [1.807, 2.05) is 17.2 Å². The number of fused-ring (bicyclic) bond motifs is 1. The van der Waals surface area contributed by atoms with Crippen molar-refractivity contribution in [3.05, 3.63) is 65.0 Å². The smallest absolute Gasteiger partial charge is 0.317 e. The third-order valence-electron chi connectivity index (χ3n) is 5.82. The summed E-state index contributed by atoms with van der Waals surface area (Å²) < 4.78 is 0. The lowest BCUT2D eigenvalue weighted by atomic mass is 9.88. The number of nitrogens with zero attached hydrogens (tertiary/aromatic N) is 3. The maximum Gasteiger partial charge on any atom is 0.317 e. The molecular weight excluding hydrogens is 336 g/mol. The zero-order chi connectivity index (χ0) is 18.6. The molecule has 1 aliphatic heterocycles. The molecular formula is C22H28N4O. The second-order valence-corrected chi connectivity index (χ2v) is 7.62. The van der Waals surface area contributed by atoms with Crippen LogP contribution in [0.3, 0.4) is 0 Å². The molecule has 1 aliphatic carbocycles. The standard InChI is InChI=1S/C22H28N4O/c1-17-6-5-11-23-21(17)16-25-12-14-26(15-13-25)22(27)24-20-10-4-8-18-7-2-3-9-19(18)20/h2-3,5-7,9,11,20H,4,8,10,12-16H2,1H3,(H,24,27)/t20-/m0/s1. The highest BCUT2D eigenvalue weighted by Crippen LogP contribution is 2.29. The molecule has 4 rings (SSSR count). The molecule has 0 bridgehead atoms. The second kappa shape index (κ2) is 8.09. The Bertz CT molecular complexity index is 798. The number of rotatable bonds is 3. The summed E-state index contributed by atoms with van der Waals surface area (Å²) in [4.78, 5) is 21.6. The Labute approximate surface area is 161 Å². The molecule has 0 radical (unpaired) electrons. The fourth-order valence-electron chi connectivity index (χ4n) is 4.15. The van der Waals surface area contributed by atoms with Gasteiger partial charge in [-0.1, -0.05) is 30.3 Å². The molecule has 1 aromatic carbocycles. The molecule has 2 amide bonds. The van der Waals surface area contributed by atoms with Crippen LogP contribution in [-0.4, -0.2) is 47.0 Å². The highest BCUT2D eigenvalue weighted by molar-refractivity contribution is 5.75. The molecule has 1 fully saturated rings. The normalized spacial score (nSPS) is 20.2. The van der Waals surface area contributed by atoms with E-state index < -0.39 is 0 Å². The zero-order valence-electron chi connectivity index (χ0n) is 16.0. The Morgan fingerprint density at radius 2 is 1.96 bits per heavy atom. The van der Waals surface area contributed by atoms with Gasteiger partial charge in [-0.3, -0.25) is 9.88 Å². The van der Waals surface area contributed by atoms with Crippen LogP contribution in [0.2, 0.25) is 0 Å². The number of aromatic nitrogens is 1. The molecule has 2 heterocycles. The Kier molecular flexibility index (Phi) is 5.39. The van der Waals surface area contributed by atoms with Crippen LogP contribution < -0.4 is 5.32 Å². The summed E-state index contributed by atoms with van der Waals surface area (Å²) >= 11 is 0. The fourth-order valence-corrected chi connectivity index (χ4v) is 4.15. The van der Waals surface area contributed by atoms with Crippen LogP contribution in [0.5, 0.6) is 0 Å². The maximum absolute atomic E-state index is 12.8. The van der Waals surface area contributed by atoms with Gasteiger partial charge in [-0.05, 0) is 48.9 Å². The number of urea groups is 1. The molecule has 1 atom stereocenters. The number of carbonyl (C=O) groups excluding carboxylic acids is 1. The first kappa shape index (κ1) is 18.0. The minimum atomic E-state index is 0.0744. The number of benzene rings is 1. The van der Waals surface area contributed by atoms with Crippen molar-refractivity contribution in [2.45, 2.75) is 38.8 Å². The first-order valence-electron chi connectivity index (χ1n) is 9.97. The highest BCUT2D eigenvalue weighted by atomic mass is 16.2. The second-order valence-electron chi connectivity index (χ2n) is 7.62. The molecule has 2 aromatic rings. The summed E-state index contributed by atoms with van der Waals surface area (Å²) in [5, 5.41) is 3.27. The van der Waals surface area contributed by atoms with Crippen molar-refractivity contribution in [3.63, 3.8) is 0 Å². The van der Waals surface area contributed by atoms with E-state index in [-0.39, 0.29) is 12.1 Å². The van der Waals surface area contributed by atoms with Gasteiger partial charge in [0.25, 0.3) is 0 Å². The van der Waals surface area contributed by atoms with E-state index in [9.17, 15) is 4.79 Å². The van der Waals surface area contributed by atoms with Crippen molar-refractivity contribution in [1.29, 1.82) is 0 Å². The zero-order valence-corrected chi connectivity index (χ0v) is 16.0. The third kappa shape index (κ3) is 4.14. The average Bonchev–Trinajstić information content (AvgIpc) is 2.70. The highest BCUT2D eigenvalue weighted by Gasteiger charge is 2.26. The minimum absolute atomic E-state index is 0.0744. The van der Waals surface area contributed by atoms with Crippen LogP contribution in [0.25, 0.3) is 0 Å². The van der Waals surface area contributed by atoms with Gasteiger partial charge in [-0.2, -0.15) is 0 Å². The van der Waals surface area contributed by atoms with Gasteiger partial charge < -0.3 is 10.2 Å². The Morgan fingerprint density at radius 3 is 2.78 bits per heavy atom. The van der Waals surface area contributed by atoms with Crippen LogP contribution in [0.1, 0.15) is 41.3 Å². The predicted molar refractivity (Wildman–Crippen MR) is 106 cm³/mol. The largest absolute Gasteiger partial charge is 0.331 e. The molecule has 5 heteroatoms. The number of piperazine rings is 1. The number of carbonyl (C=O) groups is 1. The first-order valence-corrected chi connectivity index (χ1v) is 9.97. The van der Waals surface area contributed by atoms with E-state index in [0.29, 0.717) is 0 Å². The van der Waals surface area contributed by atoms with Crippen LogP contribution in [0, 0.1) is 6.92 Å². The van der Waals surface area contributed by atoms with Gasteiger partial charge in [0.2, 0.25) is 0 Å². The molecule has 142 valence electrons. The lowest BCUT2D eigenvalue weighted by Crippen LogP contribution is -2.52. The topological polar surface area (TPSA) is 48.5 Å². The molecule has 0 unspecified atom stereocenters. The average molecular weight is 364 g/mol. The summed E-state index contributed by atoms with van der Waals surface area (Å²) in [5.74, 6) is 0. The van der Waals surface area contributed by atoms with E-state index in [0.717, 1.165) is 57.7 Å². The van der Waals surface area contributed by atoms with Crippen molar-refractivity contribution in [2.24, 2.45) is 0 Å². The number of hydrogen-bond acceptors (Lipinski definition) is 3. The summed E-state index contributed by atoms with van der Waals surface area (Å²) in [6.45, 7) is 6.29. The summed E-state index contributed by atoms with van der Waals surface area (Å²) in [6.07, 6.45) is 5.14. The Balaban J connectivity index is 1.31. The SMILES string of the molecule is Cc1cccnc1CN1CCN(C(=O)N[C@H]2CCCc3ccccc32)CC1. The van der Waals surface area contributed by atoms with Crippen molar-refractivity contribution >= 4 is 6.03 Å². The van der Waals surface area contributed by atoms with Crippen molar-refractivity contribution in [2.75, 3.05) is 26.2 Å². The Hall–Kier alpha value is -2.40. The maximum atomic E-state index is 12.8. The Morgan fingerprint density at radius 1 is 1.15 bits per heavy atom. The molecule has 1 aromatic heterocycles. The van der Waals surface area contributed by atoms with Gasteiger partial charge in [0.15, 0.2) is 0 Å². The van der Waals surface area contributed by atoms with Crippen LogP contribution >= 0.6 is 0 Å². The summed E-state index contributed by atoms with van der Waals surface area (Å²) in [6, 6.07) is 12.8. The van der Waals surface area contributed by atoms with Gasteiger partial charge >= 0.3 is 6.03 Å². The quantitative estimate of drug-likeness (QED) is 0.909. The van der Waals surface area contributed by atoms with Crippen LogP contribution in [0.4, 0.5) is 4.79 Å². The number of pyridine rings is 1. The van der Waals surface area contributed by atoms with Gasteiger partial charge in [-0.25, -0.2) is 4.79 Å². The molecule has 27 heavy (non-hydrogen) atoms. The summed E-state index contributed by atoms with van der Waals surface area (Å²) in [5.41, 5.74) is 5.04. The fraction of sp³-hybridized carbons (Fsp3) is 0.455. The van der Waals surface area contributed by atoms with Gasteiger partial charge in [0.05, 0.1) is 11.7 Å². The van der Waals surface area contributed by atoms with Crippen LogP contribution in [0.15, 0.2) is 42.6 Å². The van der Waals surface area contributed by atoms with Crippen molar-refractivity contribution in [1.82, 2.24) is 20.1 Å². The van der Waals surface area contributed by atoms with Gasteiger partial charge in [0.1, 0.15) is 0 Å². The minimum Gasteiger partial charge on any atom is -0.331 e. The van der Waals surface area contributed by atoms with E-state index in [4.69, 9.17) is 0 Å².